The summed E-state index contributed by atoms with van der Waals surface area (Å²) in [5.74, 6) is -0.438. The molecule has 1 aliphatic carbocycles. The molecule has 0 radical (unpaired) electrons. The maximum Gasteiger partial charge on any atom is 0.416 e. The zero-order chi connectivity index (χ0) is 18.1. The summed E-state index contributed by atoms with van der Waals surface area (Å²) in [6.07, 6.45) is -2.68. The van der Waals surface area contributed by atoms with Gasteiger partial charge < -0.3 is 10.4 Å². The second kappa shape index (κ2) is 6.52. The van der Waals surface area contributed by atoms with Gasteiger partial charge in [0.1, 0.15) is 5.60 Å². The van der Waals surface area contributed by atoms with Crippen LogP contribution < -0.4 is 5.32 Å². The number of amides is 1. The fraction of sp³-hybridized carbons (Fsp3) is 0.316. The molecule has 1 unspecified atom stereocenters. The minimum absolute atomic E-state index is 0.0154. The second-order valence-corrected chi connectivity index (χ2v) is 6.32. The van der Waals surface area contributed by atoms with Gasteiger partial charge >= 0.3 is 6.18 Å². The Kier molecular flexibility index (Phi) is 4.56. The first kappa shape index (κ1) is 17.5. The van der Waals surface area contributed by atoms with Crippen LogP contribution in [-0.2, 0) is 11.8 Å². The van der Waals surface area contributed by atoms with E-state index >= 15 is 0 Å². The van der Waals surface area contributed by atoms with Gasteiger partial charge in [-0.25, -0.2) is 0 Å². The third-order valence-corrected chi connectivity index (χ3v) is 4.52. The number of hydrogen-bond acceptors (Lipinski definition) is 2. The van der Waals surface area contributed by atoms with Crippen molar-refractivity contribution < 1.29 is 23.1 Å². The highest BCUT2D eigenvalue weighted by atomic mass is 19.4. The smallest absolute Gasteiger partial charge is 0.383 e. The normalized spacial score (nSPS) is 17.0. The average molecular weight is 349 g/mol. The largest absolute Gasteiger partial charge is 0.416 e. The molecule has 6 heteroatoms. The summed E-state index contributed by atoms with van der Waals surface area (Å²) in [4.78, 5) is 12.2. The lowest BCUT2D eigenvalue weighted by molar-refractivity contribution is -0.137. The Bertz CT molecular complexity index is 740. The number of carbonyl (C=O) groups is 1. The highest BCUT2D eigenvalue weighted by Gasteiger charge is 2.45. The lowest BCUT2D eigenvalue weighted by atomic mass is 9.88. The van der Waals surface area contributed by atoms with Gasteiger partial charge in [0.2, 0.25) is 0 Å². The summed E-state index contributed by atoms with van der Waals surface area (Å²) in [5.41, 5.74) is -1.12. The molecule has 2 N–H and O–H groups in total. The number of rotatable bonds is 5. The fourth-order valence-corrected chi connectivity index (χ4v) is 2.90. The van der Waals surface area contributed by atoms with E-state index in [1.165, 1.54) is 0 Å². The van der Waals surface area contributed by atoms with Gasteiger partial charge in [0.05, 0.1) is 12.1 Å². The minimum atomic E-state index is -4.44. The molecule has 3 nitrogen and oxygen atoms in total. The third kappa shape index (κ3) is 3.85. The zero-order valence-electron chi connectivity index (χ0n) is 13.4. The van der Waals surface area contributed by atoms with Crippen LogP contribution in [0.25, 0.3) is 0 Å². The molecule has 1 amide bonds. The lowest BCUT2D eigenvalue weighted by Crippen LogP contribution is -2.42. The van der Waals surface area contributed by atoms with Crippen LogP contribution in [0.2, 0.25) is 0 Å². The third-order valence-electron chi connectivity index (χ3n) is 4.52. The lowest BCUT2D eigenvalue weighted by Gasteiger charge is -2.29. The number of hydrogen-bond donors (Lipinski definition) is 2. The van der Waals surface area contributed by atoms with Crippen molar-refractivity contribution in [3.05, 3.63) is 71.3 Å². The quantitative estimate of drug-likeness (QED) is 0.864. The highest BCUT2D eigenvalue weighted by molar-refractivity contribution is 5.94. The maximum absolute atomic E-state index is 12.6. The first-order chi connectivity index (χ1) is 11.8. The molecule has 1 saturated carbocycles. The van der Waals surface area contributed by atoms with Crippen LogP contribution >= 0.6 is 0 Å². The predicted molar refractivity (Wildman–Crippen MR) is 86.8 cm³/mol. The Morgan fingerprint density at radius 3 is 2.12 bits per heavy atom. The van der Waals surface area contributed by atoms with Crippen LogP contribution in [0.4, 0.5) is 13.2 Å². The second-order valence-electron chi connectivity index (χ2n) is 6.32. The van der Waals surface area contributed by atoms with Crippen molar-refractivity contribution >= 4 is 5.91 Å². The number of aliphatic hydroxyl groups is 1. The van der Waals surface area contributed by atoms with Crippen LogP contribution in [0.3, 0.4) is 0 Å². The van der Waals surface area contributed by atoms with E-state index in [2.05, 4.69) is 5.32 Å². The molecule has 2 aromatic carbocycles. The Labute approximate surface area is 143 Å². The molecular weight excluding hydrogens is 331 g/mol. The Morgan fingerprint density at radius 2 is 1.60 bits per heavy atom. The number of nitrogens with one attached hydrogen (secondary N) is 1. The van der Waals surface area contributed by atoms with E-state index < -0.39 is 23.2 Å². The van der Waals surface area contributed by atoms with E-state index in [1.54, 1.807) is 0 Å². The zero-order valence-corrected chi connectivity index (χ0v) is 13.4. The summed E-state index contributed by atoms with van der Waals surface area (Å²) in [6, 6.07) is 13.1. The van der Waals surface area contributed by atoms with Crippen LogP contribution in [0, 0.1) is 5.92 Å². The summed E-state index contributed by atoms with van der Waals surface area (Å²) >= 11 is 0. The van der Waals surface area contributed by atoms with Crippen LogP contribution in [0.5, 0.6) is 0 Å². The highest BCUT2D eigenvalue weighted by Crippen LogP contribution is 2.45. The molecule has 1 fully saturated rings. The minimum Gasteiger partial charge on any atom is -0.383 e. The first-order valence-electron chi connectivity index (χ1n) is 8.04. The molecule has 0 aliphatic heterocycles. The van der Waals surface area contributed by atoms with Gasteiger partial charge in [-0.2, -0.15) is 13.2 Å². The van der Waals surface area contributed by atoms with E-state index in [9.17, 15) is 23.1 Å². The van der Waals surface area contributed by atoms with Crippen molar-refractivity contribution in [2.45, 2.75) is 24.6 Å². The maximum atomic E-state index is 12.6. The summed E-state index contributed by atoms with van der Waals surface area (Å²) in [5, 5.41) is 13.7. The molecule has 1 aliphatic rings. The van der Waals surface area contributed by atoms with E-state index in [-0.39, 0.29) is 18.0 Å². The Morgan fingerprint density at radius 1 is 1.00 bits per heavy atom. The van der Waals surface area contributed by atoms with E-state index in [1.807, 2.05) is 30.3 Å². The van der Waals surface area contributed by atoms with Gasteiger partial charge in [-0.1, -0.05) is 30.3 Å². The van der Waals surface area contributed by atoms with Gasteiger partial charge in [-0.15, -0.1) is 0 Å². The monoisotopic (exact) mass is 349 g/mol. The number of alkyl halides is 3. The first-order valence-corrected chi connectivity index (χ1v) is 8.04. The Hall–Kier alpha value is -2.34. The van der Waals surface area contributed by atoms with E-state index in [0.29, 0.717) is 0 Å². The fourth-order valence-electron chi connectivity index (χ4n) is 2.90. The van der Waals surface area contributed by atoms with E-state index in [4.69, 9.17) is 0 Å². The topological polar surface area (TPSA) is 49.3 Å². The summed E-state index contributed by atoms with van der Waals surface area (Å²) in [7, 11) is 0. The van der Waals surface area contributed by atoms with Gasteiger partial charge in [-0.3, -0.25) is 4.79 Å². The summed E-state index contributed by atoms with van der Waals surface area (Å²) in [6.45, 7) is 0.0154. The molecule has 0 spiro atoms. The van der Waals surface area contributed by atoms with Gasteiger partial charge in [-0.05, 0) is 48.6 Å². The molecule has 132 valence electrons. The molecule has 0 saturated heterocycles. The molecule has 2 aromatic rings. The van der Waals surface area contributed by atoms with Gasteiger partial charge in [0.15, 0.2) is 0 Å². The average Bonchev–Trinajstić information content (AvgIpc) is 3.45. The molecule has 0 aromatic heterocycles. The molecule has 25 heavy (non-hydrogen) atoms. The SMILES string of the molecule is O=C(NCC(O)(c1ccccc1)C1CC1)c1ccc(C(F)(F)F)cc1. The standard InChI is InChI=1S/C19H18F3NO2/c20-19(21,22)16-8-6-13(7-9-16)17(24)23-12-18(25,15-10-11-15)14-4-2-1-3-5-14/h1-9,15,25H,10-12H2,(H,23,24). The predicted octanol–water partition coefficient (Wildman–Crippen LogP) is 3.73. The number of benzene rings is 2. The number of carbonyl (C=O) groups excluding carboxylic acids is 1. The molecule has 0 heterocycles. The molecular formula is C19H18F3NO2. The van der Waals surface area contributed by atoms with E-state index in [0.717, 1.165) is 42.7 Å². The van der Waals surface area contributed by atoms with Crippen LogP contribution in [0.1, 0.15) is 34.3 Å². The van der Waals surface area contributed by atoms with Crippen molar-refractivity contribution in [1.29, 1.82) is 0 Å². The van der Waals surface area contributed by atoms with Crippen LogP contribution in [0.15, 0.2) is 54.6 Å². The molecule has 3 rings (SSSR count). The van der Waals surface area contributed by atoms with Crippen molar-refractivity contribution in [2.75, 3.05) is 6.54 Å². The van der Waals surface area contributed by atoms with Crippen molar-refractivity contribution in [3.63, 3.8) is 0 Å². The van der Waals surface area contributed by atoms with Gasteiger partial charge in [0, 0.05) is 5.56 Å². The molecule has 1 atom stereocenters. The summed E-state index contributed by atoms with van der Waals surface area (Å²) < 4.78 is 37.7. The van der Waals surface area contributed by atoms with Crippen molar-refractivity contribution in [3.8, 4) is 0 Å². The molecule has 0 bridgehead atoms. The van der Waals surface area contributed by atoms with Crippen molar-refractivity contribution in [2.24, 2.45) is 5.92 Å². The number of halogens is 3. The Balaban J connectivity index is 1.70. The van der Waals surface area contributed by atoms with Crippen molar-refractivity contribution in [1.82, 2.24) is 5.32 Å². The van der Waals surface area contributed by atoms with Gasteiger partial charge in [0.25, 0.3) is 5.91 Å². The van der Waals surface area contributed by atoms with Crippen LogP contribution in [-0.4, -0.2) is 17.6 Å².